The maximum atomic E-state index is 11.9. The number of hydrogen-bond donors (Lipinski definition) is 2. The third kappa shape index (κ3) is 7.88. The number of hydrogen-bond acceptors (Lipinski definition) is 7. The second-order valence-corrected chi connectivity index (χ2v) is 7.17. The van der Waals surface area contributed by atoms with E-state index in [9.17, 15) is 19.5 Å². The number of carboxylic acids is 1. The van der Waals surface area contributed by atoms with E-state index < -0.39 is 18.0 Å². The number of carbonyl (C=O) groups is 3. The number of ether oxygens (including phenoxy) is 2. The van der Waals surface area contributed by atoms with E-state index in [1.807, 2.05) is 44.2 Å². The Kier molecular flexibility index (Phi) is 8.76. The lowest BCUT2D eigenvalue weighted by Gasteiger charge is -2.04. The molecule has 1 heterocycles. The van der Waals surface area contributed by atoms with Crippen LogP contribution in [0.3, 0.4) is 0 Å². The van der Waals surface area contributed by atoms with Crippen molar-refractivity contribution in [1.29, 1.82) is 0 Å². The minimum absolute atomic E-state index is 0.0973. The molecule has 1 amide bonds. The Balaban J connectivity index is 1.93. The molecule has 158 valence electrons. The number of amides is 1. The number of esters is 1. The molecule has 2 aromatic rings. The molecule has 0 bridgehead atoms. The van der Waals surface area contributed by atoms with E-state index in [1.54, 1.807) is 6.08 Å². The van der Waals surface area contributed by atoms with E-state index in [2.05, 4.69) is 10.3 Å². The predicted octanol–water partition coefficient (Wildman–Crippen LogP) is 4.26. The highest BCUT2D eigenvalue weighted by Crippen LogP contribution is 2.22. The third-order valence-corrected chi connectivity index (χ3v) is 4.40. The Morgan fingerprint density at radius 1 is 1.13 bits per heavy atom. The van der Waals surface area contributed by atoms with Crippen molar-refractivity contribution < 1.29 is 29.0 Å². The maximum absolute atomic E-state index is 11.9. The van der Waals surface area contributed by atoms with Crippen LogP contribution >= 0.6 is 11.3 Å². The smallest absolute Gasteiger partial charge is 0.413 e. The summed E-state index contributed by atoms with van der Waals surface area (Å²) in [4.78, 5) is 39.3. The summed E-state index contributed by atoms with van der Waals surface area (Å²) < 4.78 is 10.1. The molecule has 1 aromatic heterocycles. The summed E-state index contributed by atoms with van der Waals surface area (Å²) in [6.07, 6.45) is 2.07. The molecule has 0 aliphatic carbocycles. The van der Waals surface area contributed by atoms with Crippen molar-refractivity contribution in [3.05, 3.63) is 64.7 Å². The van der Waals surface area contributed by atoms with Gasteiger partial charge in [-0.3, -0.25) is 10.1 Å². The number of rotatable bonds is 9. The highest BCUT2D eigenvalue weighted by atomic mass is 32.1. The Hall–Kier alpha value is -3.46. The number of aliphatic carboxylic acids is 1. The Morgan fingerprint density at radius 2 is 1.87 bits per heavy atom. The molecule has 0 atom stereocenters. The molecule has 30 heavy (non-hydrogen) atoms. The number of allylic oxidation sites excluding steroid dienone is 1. The number of nitrogens with zero attached hydrogens (tertiary/aromatic N) is 1. The van der Waals surface area contributed by atoms with Crippen LogP contribution in [-0.4, -0.2) is 34.7 Å². The molecule has 0 radical (unpaired) electrons. The van der Waals surface area contributed by atoms with Gasteiger partial charge in [0, 0.05) is 5.38 Å². The molecule has 0 saturated heterocycles. The number of thiazole rings is 1. The number of anilines is 1. The van der Waals surface area contributed by atoms with Crippen molar-refractivity contribution in [3.8, 4) is 0 Å². The van der Waals surface area contributed by atoms with Gasteiger partial charge in [0.1, 0.15) is 13.2 Å². The normalized spacial score (nSPS) is 10.8. The highest BCUT2D eigenvalue weighted by molar-refractivity contribution is 7.14. The number of benzene rings is 1. The average Bonchev–Trinajstić information content (AvgIpc) is 3.14. The van der Waals surface area contributed by atoms with Gasteiger partial charge in [0.05, 0.1) is 17.7 Å². The molecule has 0 fully saturated rings. The molecule has 2 rings (SSSR count). The monoisotopic (exact) mass is 430 g/mol. The molecule has 0 spiro atoms. The molecule has 8 nitrogen and oxygen atoms in total. The van der Waals surface area contributed by atoms with E-state index in [0.29, 0.717) is 0 Å². The molecular formula is C21H22N2O6S. The lowest BCUT2D eigenvalue weighted by molar-refractivity contribution is -0.141. The van der Waals surface area contributed by atoms with E-state index in [4.69, 9.17) is 9.47 Å². The van der Waals surface area contributed by atoms with Crippen molar-refractivity contribution in [2.75, 3.05) is 11.9 Å². The number of aromatic nitrogens is 1. The number of carbonyl (C=O) groups excluding carboxylic acids is 2. The largest absolute Gasteiger partial charge is 0.478 e. The van der Waals surface area contributed by atoms with Crippen LogP contribution in [0.1, 0.15) is 31.5 Å². The SMILES string of the molecule is CC(C)=CCOC(=O)CC=C(C(=O)O)c1csc(NC(=O)OCc2ccccc2)n1. The number of nitrogens with one attached hydrogen (secondary N) is 1. The topological polar surface area (TPSA) is 115 Å². The molecule has 0 unspecified atom stereocenters. The van der Waals surface area contributed by atoms with Gasteiger partial charge in [-0.2, -0.15) is 0 Å². The molecule has 9 heteroatoms. The van der Waals surface area contributed by atoms with Gasteiger partial charge < -0.3 is 14.6 Å². The standard InChI is InChI=1S/C21H22N2O6S/c1-14(2)10-11-28-18(24)9-8-16(19(25)26)17-13-30-20(22-17)23-21(27)29-12-15-6-4-3-5-7-15/h3-8,10,13H,9,11-12H2,1-2H3,(H,25,26)(H,22,23,27). The van der Waals surface area contributed by atoms with Crippen LogP contribution in [-0.2, 0) is 25.7 Å². The first-order valence-corrected chi connectivity index (χ1v) is 9.89. The van der Waals surface area contributed by atoms with E-state index >= 15 is 0 Å². The first kappa shape index (κ1) is 22.8. The molecule has 1 aromatic carbocycles. The minimum atomic E-state index is -1.24. The van der Waals surface area contributed by atoms with Crippen LogP contribution in [0.4, 0.5) is 9.93 Å². The molecule has 2 N–H and O–H groups in total. The third-order valence-electron chi connectivity index (χ3n) is 3.64. The zero-order valence-corrected chi connectivity index (χ0v) is 17.4. The molecule has 0 aliphatic heterocycles. The van der Waals surface area contributed by atoms with Gasteiger partial charge in [0.15, 0.2) is 5.13 Å². The van der Waals surface area contributed by atoms with Crippen LogP contribution < -0.4 is 5.32 Å². The average molecular weight is 430 g/mol. The van der Waals surface area contributed by atoms with Gasteiger partial charge in [0.25, 0.3) is 0 Å². The fraction of sp³-hybridized carbons (Fsp3) is 0.238. The van der Waals surface area contributed by atoms with Crippen molar-refractivity contribution >= 4 is 40.1 Å². The fourth-order valence-electron chi connectivity index (χ4n) is 2.15. The minimum Gasteiger partial charge on any atom is -0.478 e. The molecule has 0 aliphatic rings. The summed E-state index contributed by atoms with van der Waals surface area (Å²) in [5.41, 5.74) is 1.81. The van der Waals surface area contributed by atoms with Crippen molar-refractivity contribution in [3.63, 3.8) is 0 Å². The van der Waals surface area contributed by atoms with Gasteiger partial charge in [-0.1, -0.05) is 42.0 Å². The van der Waals surface area contributed by atoms with Gasteiger partial charge in [-0.05, 0) is 25.5 Å². The summed E-state index contributed by atoms with van der Waals surface area (Å²) >= 11 is 1.05. The van der Waals surface area contributed by atoms with Crippen molar-refractivity contribution in [2.45, 2.75) is 26.9 Å². The summed E-state index contributed by atoms with van der Waals surface area (Å²) in [5, 5.41) is 13.5. The maximum Gasteiger partial charge on any atom is 0.413 e. The Labute approximate surface area is 177 Å². The second-order valence-electron chi connectivity index (χ2n) is 6.32. The van der Waals surface area contributed by atoms with Crippen LogP contribution in [0.5, 0.6) is 0 Å². The van der Waals surface area contributed by atoms with Crippen LogP contribution in [0, 0.1) is 0 Å². The van der Waals surface area contributed by atoms with E-state index in [1.165, 1.54) is 11.5 Å². The van der Waals surface area contributed by atoms with Crippen molar-refractivity contribution in [2.24, 2.45) is 0 Å². The number of carboxylic acid groups (broad SMARTS) is 1. The van der Waals surface area contributed by atoms with Crippen LogP contribution in [0.15, 0.2) is 53.4 Å². The van der Waals surface area contributed by atoms with Gasteiger partial charge in [0.2, 0.25) is 0 Å². The van der Waals surface area contributed by atoms with Gasteiger partial charge in [-0.25, -0.2) is 14.6 Å². The lowest BCUT2D eigenvalue weighted by atomic mass is 10.1. The first-order chi connectivity index (χ1) is 14.3. The van der Waals surface area contributed by atoms with E-state index in [0.717, 1.165) is 22.5 Å². The molecular weight excluding hydrogens is 408 g/mol. The first-order valence-electron chi connectivity index (χ1n) is 9.01. The van der Waals surface area contributed by atoms with E-state index in [-0.39, 0.29) is 36.0 Å². The summed E-state index contributed by atoms with van der Waals surface area (Å²) in [5.74, 6) is -1.79. The lowest BCUT2D eigenvalue weighted by Crippen LogP contribution is -2.13. The Bertz CT molecular complexity index is 945. The van der Waals surface area contributed by atoms with Crippen molar-refractivity contribution in [1.82, 2.24) is 4.98 Å². The van der Waals surface area contributed by atoms with Gasteiger partial charge >= 0.3 is 18.0 Å². The van der Waals surface area contributed by atoms with Gasteiger partial charge in [-0.15, -0.1) is 11.3 Å². The molecule has 0 saturated carbocycles. The quantitative estimate of drug-likeness (QED) is 0.347. The highest BCUT2D eigenvalue weighted by Gasteiger charge is 2.16. The zero-order valence-electron chi connectivity index (χ0n) is 16.6. The predicted molar refractivity (Wildman–Crippen MR) is 113 cm³/mol. The summed E-state index contributed by atoms with van der Waals surface area (Å²) in [6, 6.07) is 9.17. The second kappa shape index (κ2) is 11.5. The summed E-state index contributed by atoms with van der Waals surface area (Å²) in [7, 11) is 0. The zero-order chi connectivity index (χ0) is 21.9. The van der Waals surface area contributed by atoms with Crippen LogP contribution in [0.2, 0.25) is 0 Å². The fourth-order valence-corrected chi connectivity index (χ4v) is 2.84. The Morgan fingerprint density at radius 3 is 2.53 bits per heavy atom. The van der Waals surface area contributed by atoms with Crippen LogP contribution in [0.25, 0.3) is 5.57 Å². The summed E-state index contributed by atoms with van der Waals surface area (Å²) in [6.45, 7) is 3.98.